The number of halogens is 2. The summed E-state index contributed by atoms with van der Waals surface area (Å²) in [5.41, 5.74) is 5.18. The topological polar surface area (TPSA) is 78.2 Å². The van der Waals surface area contributed by atoms with E-state index < -0.39 is 5.91 Å². The first-order chi connectivity index (χ1) is 14.8. The molecule has 0 saturated carbocycles. The van der Waals surface area contributed by atoms with Crippen LogP contribution in [0.1, 0.15) is 50.6 Å². The molecule has 2 aromatic rings. The molecule has 2 aliphatic rings. The van der Waals surface area contributed by atoms with E-state index >= 15 is 0 Å². The summed E-state index contributed by atoms with van der Waals surface area (Å²) < 4.78 is 6.00. The average Bonchev–Trinajstić information content (AvgIpc) is 3.09. The lowest BCUT2D eigenvalue weighted by Gasteiger charge is -2.31. The monoisotopic (exact) mass is 462 g/mol. The Balaban J connectivity index is 1.56. The second-order valence-corrected chi connectivity index (χ2v) is 8.77. The molecule has 7 nitrogen and oxygen atoms in total. The molecule has 0 bridgehead atoms. The van der Waals surface area contributed by atoms with Gasteiger partial charge < -0.3 is 14.2 Å². The molecule has 9 heteroatoms. The number of hydrogen-bond acceptors (Lipinski definition) is 5. The highest BCUT2D eigenvalue weighted by Crippen LogP contribution is 2.31. The summed E-state index contributed by atoms with van der Waals surface area (Å²) in [4.78, 5) is 29.6. The van der Waals surface area contributed by atoms with Gasteiger partial charge in [0.1, 0.15) is 5.76 Å². The predicted octanol–water partition coefficient (Wildman–Crippen LogP) is 3.75. The smallest absolute Gasteiger partial charge is 0.289 e. The fourth-order valence-electron chi connectivity index (χ4n) is 3.99. The number of aryl methyl sites for hydroxylation is 1. The SMILES string of the molecule is Cc1c(C(=O)N2CCN(C)CC2)oc2c1/C(=N/NC(=O)c1ccc(Cl)cc1Cl)CCC2. The zero-order chi connectivity index (χ0) is 22.1. The van der Waals surface area contributed by atoms with Crippen LogP contribution in [0.15, 0.2) is 27.7 Å². The van der Waals surface area contributed by atoms with E-state index in [-0.39, 0.29) is 10.9 Å². The van der Waals surface area contributed by atoms with E-state index in [4.69, 9.17) is 27.6 Å². The molecule has 4 rings (SSSR count). The number of piperazine rings is 1. The van der Waals surface area contributed by atoms with Gasteiger partial charge in [0.25, 0.3) is 11.8 Å². The molecule has 0 radical (unpaired) electrons. The fraction of sp³-hybridized carbons (Fsp3) is 0.409. The van der Waals surface area contributed by atoms with E-state index in [0.717, 1.165) is 42.8 Å². The molecule has 1 aromatic carbocycles. The van der Waals surface area contributed by atoms with Crippen molar-refractivity contribution < 1.29 is 14.0 Å². The minimum atomic E-state index is -0.420. The highest BCUT2D eigenvalue weighted by atomic mass is 35.5. The molecule has 1 aliphatic carbocycles. The van der Waals surface area contributed by atoms with Crippen LogP contribution in [0.4, 0.5) is 0 Å². The number of amides is 2. The molecule has 0 spiro atoms. The van der Waals surface area contributed by atoms with Crippen molar-refractivity contribution in [3.8, 4) is 0 Å². The van der Waals surface area contributed by atoms with Gasteiger partial charge in [-0.25, -0.2) is 5.43 Å². The largest absolute Gasteiger partial charge is 0.455 e. The van der Waals surface area contributed by atoms with E-state index in [1.807, 2.05) is 18.9 Å². The Kier molecular flexibility index (Phi) is 6.36. The van der Waals surface area contributed by atoms with E-state index in [2.05, 4.69) is 15.4 Å². The summed E-state index contributed by atoms with van der Waals surface area (Å²) in [5, 5.41) is 5.07. The number of hydrazone groups is 1. The number of fused-ring (bicyclic) bond motifs is 1. The van der Waals surface area contributed by atoms with E-state index in [1.54, 1.807) is 12.1 Å². The summed E-state index contributed by atoms with van der Waals surface area (Å²) in [5.74, 6) is 0.613. The van der Waals surface area contributed by atoms with Gasteiger partial charge >= 0.3 is 0 Å². The van der Waals surface area contributed by atoms with Gasteiger partial charge in [-0.2, -0.15) is 5.10 Å². The normalized spacial score (nSPS) is 18.2. The number of rotatable bonds is 3. The highest BCUT2D eigenvalue weighted by molar-refractivity contribution is 6.36. The fourth-order valence-corrected chi connectivity index (χ4v) is 4.48. The van der Waals surface area contributed by atoms with Crippen molar-refractivity contribution in [3.05, 3.63) is 56.5 Å². The van der Waals surface area contributed by atoms with Gasteiger partial charge in [0, 0.05) is 48.7 Å². The Morgan fingerprint density at radius 1 is 1.13 bits per heavy atom. The van der Waals surface area contributed by atoms with Crippen molar-refractivity contribution in [2.24, 2.45) is 5.10 Å². The first kappa shape index (κ1) is 21.9. The van der Waals surface area contributed by atoms with Crippen molar-refractivity contribution in [3.63, 3.8) is 0 Å². The molecule has 164 valence electrons. The number of hydrogen-bond donors (Lipinski definition) is 1. The molecular formula is C22H24Cl2N4O3. The second-order valence-electron chi connectivity index (χ2n) is 7.93. The lowest BCUT2D eigenvalue weighted by molar-refractivity contribution is 0.0629. The Hall–Kier alpha value is -2.35. The van der Waals surface area contributed by atoms with E-state index in [9.17, 15) is 9.59 Å². The number of carbonyl (C=O) groups excluding carboxylic acids is 2. The number of likely N-dealkylation sites (N-methyl/N-ethyl adjacent to an activating group) is 1. The molecule has 1 fully saturated rings. The molecular weight excluding hydrogens is 439 g/mol. The van der Waals surface area contributed by atoms with Gasteiger partial charge in [-0.1, -0.05) is 23.2 Å². The lowest BCUT2D eigenvalue weighted by Crippen LogP contribution is -2.47. The molecule has 2 amide bonds. The Bertz CT molecular complexity index is 1060. The molecule has 1 N–H and O–H groups in total. The zero-order valence-electron chi connectivity index (χ0n) is 17.5. The third kappa shape index (κ3) is 4.49. The first-order valence-electron chi connectivity index (χ1n) is 10.3. The van der Waals surface area contributed by atoms with Gasteiger partial charge in [-0.3, -0.25) is 9.59 Å². The molecule has 2 heterocycles. The van der Waals surface area contributed by atoms with Crippen LogP contribution in [0, 0.1) is 6.92 Å². The maximum absolute atomic E-state index is 13.0. The van der Waals surface area contributed by atoms with E-state index in [0.29, 0.717) is 41.6 Å². The van der Waals surface area contributed by atoms with Crippen molar-refractivity contribution in [2.45, 2.75) is 26.2 Å². The van der Waals surface area contributed by atoms with Crippen LogP contribution >= 0.6 is 23.2 Å². The third-order valence-corrected chi connectivity index (χ3v) is 6.33. The number of nitrogens with zero attached hydrogens (tertiary/aromatic N) is 3. The molecule has 0 atom stereocenters. The average molecular weight is 463 g/mol. The second kappa shape index (κ2) is 9.02. The van der Waals surface area contributed by atoms with Crippen molar-refractivity contribution in [1.82, 2.24) is 15.2 Å². The zero-order valence-corrected chi connectivity index (χ0v) is 19.0. The minimum Gasteiger partial charge on any atom is -0.455 e. The van der Waals surface area contributed by atoms with Crippen LogP contribution < -0.4 is 5.43 Å². The maximum Gasteiger partial charge on any atom is 0.289 e. The molecule has 0 unspecified atom stereocenters. The van der Waals surface area contributed by atoms with Crippen molar-refractivity contribution in [2.75, 3.05) is 33.2 Å². The van der Waals surface area contributed by atoms with Gasteiger partial charge in [-0.15, -0.1) is 0 Å². The van der Waals surface area contributed by atoms with Crippen LogP contribution in [-0.4, -0.2) is 60.6 Å². The first-order valence-corrected chi connectivity index (χ1v) is 11.0. The number of furan rings is 1. The quantitative estimate of drug-likeness (QED) is 0.704. The lowest BCUT2D eigenvalue weighted by atomic mass is 9.93. The summed E-state index contributed by atoms with van der Waals surface area (Å²) in [7, 11) is 2.05. The number of nitrogens with one attached hydrogen (secondary N) is 1. The van der Waals surface area contributed by atoms with Crippen molar-refractivity contribution in [1.29, 1.82) is 0 Å². The predicted molar refractivity (Wildman–Crippen MR) is 120 cm³/mol. The maximum atomic E-state index is 13.0. The minimum absolute atomic E-state index is 0.0867. The molecule has 1 aromatic heterocycles. The number of benzene rings is 1. The Labute approximate surface area is 191 Å². The summed E-state index contributed by atoms with van der Waals surface area (Å²) in [6, 6.07) is 4.67. The standard InChI is InChI=1S/C22H24Cl2N4O3/c1-13-19-17(25-26-21(29)15-7-6-14(23)12-16(15)24)4-3-5-18(19)31-20(13)22(30)28-10-8-27(2)9-11-28/h6-7,12H,3-5,8-11H2,1-2H3,(H,26,29)/b25-17+. The van der Waals surface area contributed by atoms with Crippen LogP contribution in [0.25, 0.3) is 0 Å². The van der Waals surface area contributed by atoms with Crippen LogP contribution in [0.2, 0.25) is 10.0 Å². The molecule has 31 heavy (non-hydrogen) atoms. The highest BCUT2D eigenvalue weighted by Gasteiger charge is 2.31. The van der Waals surface area contributed by atoms with Crippen LogP contribution in [0.5, 0.6) is 0 Å². The van der Waals surface area contributed by atoms with Crippen LogP contribution in [0.3, 0.4) is 0 Å². The molecule has 1 saturated heterocycles. The summed E-state index contributed by atoms with van der Waals surface area (Å²) in [6.07, 6.45) is 2.25. The van der Waals surface area contributed by atoms with Crippen LogP contribution in [-0.2, 0) is 6.42 Å². The van der Waals surface area contributed by atoms with Gasteiger partial charge in [0.15, 0.2) is 5.76 Å². The summed E-state index contributed by atoms with van der Waals surface area (Å²) in [6.45, 7) is 4.93. The third-order valence-electron chi connectivity index (χ3n) is 5.78. The van der Waals surface area contributed by atoms with Crippen molar-refractivity contribution >= 4 is 40.7 Å². The Morgan fingerprint density at radius 3 is 2.58 bits per heavy atom. The molecule has 1 aliphatic heterocycles. The van der Waals surface area contributed by atoms with Gasteiger partial charge in [-0.05, 0) is 45.0 Å². The van der Waals surface area contributed by atoms with Gasteiger partial charge in [0.05, 0.1) is 16.3 Å². The number of carbonyl (C=O) groups is 2. The van der Waals surface area contributed by atoms with Gasteiger partial charge in [0.2, 0.25) is 0 Å². The summed E-state index contributed by atoms with van der Waals surface area (Å²) >= 11 is 12.0. The Morgan fingerprint density at radius 2 is 1.87 bits per heavy atom. The van der Waals surface area contributed by atoms with E-state index in [1.165, 1.54) is 6.07 Å².